The third-order valence-corrected chi connectivity index (χ3v) is 4.11. The predicted molar refractivity (Wildman–Crippen MR) is 85.5 cm³/mol. The van der Waals surface area contributed by atoms with Crippen LogP contribution in [0.15, 0.2) is 24.3 Å². The molecule has 0 N–H and O–H groups in total. The molecule has 0 fully saturated rings. The molecular formula is C17H24N2O2. The minimum absolute atomic E-state index is 0.0111. The van der Waals surface area contributed by atoms with Crippen LogP contribution < -0.4 is 9.80 Å². The van der Waals surface area contributed by atoms with Crippen LogP contribution in [0.25, 0.3) is 0 Å². The molecule has 1 aliphatic rings. The standard InChI is InChI=1S/C17H24N2O2/c1-5-13(6-2)17(21)18-11-16(20)19(12(3)4)15-10-8-7-9-14(15)18/h7-10,12-13H,5-6,11H2,1-4H3. The van der Waals surface area contributed by atoms with Crippen molar-refractivity contribution >= 4 is 23.2 Å². The summed E-state index contributed by atoms with van der Waals surface area (Å²) in [6, 6.07) is 7.76. The highest BCUT2D eigenvalue weighted by atomic mass is 16.2. The van der Waals surface area contributed by atoms with E-state index in [1.54, 1.807) is 9.80 Å². The third-order valence-electron chi connectivity index (χ3n) is 4.11. The van der Waals surface area contributed by atoms with E-state index in [-0.39, 0.29) is 30.3 Å². The molecule has 0 radical (unpaired) electrons. The maximum atomic E-state index is 12.7. The summed E-state index contributed by atoms with van der Waals surface area (Å²) in [6.45, 7) is 8.17. The summed E-state index contributed by atoms with van der Waals surface area (Å²) < 4.78 is 0. The zero-order valence-electron chi connectivity index (χ0n) is 13.3. The molecule has 1 aromatic rings. The highest BCUT2D eigenvalue weighted by Crippen LogP contribution is 2.35. The van der Waals surface area contributed by atoms with Crippen molar-refractivity contribution in [3.63, 3.8) is 0 Å². The van der Waals surface area contributed by atoms with Gasteiger partial charge in [-0.3, -0.25) is 9.59 Å². The Kier molecular flexibility index (Phi) is 4.66. The summed E-state index contributed by atoms with van der Waals surface area (Å²) in [7, 11) is 0. The van der Waals surface area contributed by atoms with Gasteiger partial charge in [0.1, 0.15) is 6.54 Å². The van der Waals surface area contributed by atoms with Crippen molar-refractivity contribution in [1.29, 1.82) is 0 Å². The van der Waals surface area contributed by atoms with Crippen molar-refractivity contribution in [2.24, 2.45) is 5.92 Å². The molecule has 0 aromatic heterocycles. The van der Waals surface area contributed by atoms with Crippen LogP contribution >= 0.6 is 0 Å². The molecule has 4 heteroatoms. The molecule has 0 aliphatic carbocycles. The molecule has 0 saturated heterocycles. The SMILES string of the molecule is CCC(CC)C(=O)N1CC(=O)N(C(C)C)c2ccccc21. The molecular weight excluding hydrogens is 264 g/mol. The van der Waals surface area contributed by atoms with Crippen LogP contribution in [0.3, 0.4) is 0 Å². The van der Waals surface area contributed by atoms with Gasteiger partial charge in [-0.15, -0.1) is 0 Å². The summed E-state index contributed by atoms with van der Waals surface area (Å²) in [6.07, 6.45) is 1.60. The second-order valence-electron chi connectivity index (χ2n) is 5.78. The van der Waals surface area contributed by atoms with E-state index in [4.69, 9.17) is 0 Å². The van der Waals surface area contributed by atoms with E-state index in [2.05, 4.69) is 0 Å². The fraction of sp³-hybridized carbons (Fsp3) is 0.529. The van der Waals surface area contributed by atoms with Gasteiger partial charge >= 0.3 is 0 Å². The highest BCUT2D eigenvalue weighted by Gasteiger charge is 2.35. The van der Waals surface area contributed by atoms with Crippen LogP contribution in [-0.4, -0.2) is 24.4 Å². The van der Waals surface area contributed by atoms with Crippen molar-refractivity contribution in [3.8, 4) is 0 Å². The first-order valence-electron chi connectivity index (χ1n) is 7.73. The van der Waals surface area contributed by atoms with Gasteiger partial charge in [0.15, 0.2) is 0 Å². The van der Waals surface area contributed by atoms with E-state index in [0.717, 1.165) is 24.2 Å². The molecule has 0 spiro atoms. The lowest BCUT2D eigenvalue weighted by Gasteiger charge is -2.39. The maximum Gasteiger partial charge on any atom is 0.247 e. The van der Waals surface area contributed by atoms with Gasteiger partial charge in [-0.05, 0) is 38.8 Å². The largest absolute Gasteiger partial charge is 0.306 e. The molecule has 0 atom stereocenters. The Bertz CT molecular complexity index is 535. The number of carbonyl (C=O) groups excluding carboxylic acids is 2. The second-order valence-corrected chi connectivity index (χ2v) is 5.78. The first kappa shape index (κ1) is 15.5. The Morgan fingerprint density at radius 3 is 2.24 bits per heavy atom. The molecule has 0 bridgehead atoms. The lowest BCUT2D eigenvalue weighted by molar-refractivity contribution is -0.125. The van der Waals surface area contributed by atoms with Crippen LogP contribution in [0.4, 0.5) is 11.4 Å². The molecule has 1 heterocycles. The van der Waals surface area contributed by atoms with Crippen LogP contribution in [0.5, 0.6) is 0 Å². The lowest BCUT2D eigenvalue weighted by Crippen LogP contribution is -2.51. The fourth-order valence-electron chi connectivity index (χ4n) is 2.95. The number of anilines is 2. The molecule has 21 heavy (non-hydrogen) atoms. The minimum atomic E-state index is -0.0172. The van der Waals surface area contributed by atoms with E-state index in [0.29, 0.717) is 0 Å². The van der Waals surface area contributed by atoms with Crippen molar-refractivity contribution in [3.05, 3.63) is 24.3 Å². The van der Waals surface area contributed by atoms with E-state index in [1.807, 2.05) is 52.0 Å². The Labute approximate surface area is 126 Å². The van der Waals surface area contributed by atoms with Crippen molar-refractivity contribution in [1.82, 2.24) is 0 Å². The van der Waals surface area contributed by atoms with Gasteiger partial charge in [-0.25, -0.2) is 0 Å². The summed E-state index contributed by atoms with van der Waals surface area (Å²) in [5.74, 6) is 0.0312. The Morgan fingerprint density at radius 1 is 1.14 bits per heavy atom. The summed E-state index contributed by atoms with van der Waals surface area (Å²) in [5, 5.41) is 0. The lowest BCUT2D eigenvalue weighted by atomic mass is 10.00. The second kappa shape index (κ2) is 6.29. The van der Waals surface area contributed by atoms with Gasteiger partial charge in [-0.1, -0.05) is 26.0 Å². The third kappa shape index (κ3) is 2.80. The van der Waals surface area contributed by atoms with Gasteiger partial charge in [0.05, 0.1) is 11.4 Å². The van der Waals surface area contributed by atoms with Gasteiger partial charge < -0.3 is 9.80 Å². The molecule has 114 valence electrons. The first-order chi connectivity index (χ1) is 10.0. The van der Waals surface area contributed by atoms with Crippen LogP contribution in [0.1, 0.15) is 40.5 Å². The van der Waals surface area contributed by atoms with E-state index in [1.165, 1.54) is 0 Å². The van der Waals surface area contributed by atoms with Gasteiger partial charge in [0, 0.05) is 12.0 Å². The highest BCUT2D eigenvalue weighted by molar-refractivity contribution is 6.11. The van der Waals surface area contributed by atoms with Crippen LogP contribution in [-0.2, 0) is 9.59 Å². The maximum absolute atomic E-state index is 12.7. The number of benzene rings is 1. The van der Waals surface area contributed by atoms with Gasteiger partial charge in [-0.2, -0.15) is 0 Å². The van der Waals surface area contributed by atoms with E-state index < -0.39 is 0 Å². The van der Waals surface area contributed by atoms with Gasteiger partial charge in [0.25, 0.3) is 0 Å². The summed E-state index contributed by atoms with van der Waals surface area (Å²) in [5.41, 5.74) is 1.69. The number of rotatable bonds is 4. The Hall–Kier alpha value is -1.84. The molecule has 4 nitrogen and oxygen atoms in total. The quantitative estimate of drug-likeness (QED) is 0.853. The van der Waals surface area contributed by atoms with Crippen molar-refractivity contribution in [2.75, 3.05) is 16.3 Å². The molecule has 0 unspecified atom stereocenters. The zero-order valence-corrected chi connectivity index (χ0v) is 13.3. The Morgan fingerprint density at radius 2 is 1.71 bits per heavy atom. The van der Waals surface area contributed by atoms with Crippen molar-refractivity contribution in [2.45, 2.75) is 46.6 Å². The van der Waals surface area contributed by atoms with Crippen LogP contribution in [0, 0.1) is 5.92 Å². The van der Waals surface area contributed by atoms with Crippen LogP contribution in [0.2, 0.25) is 0 Å². The van der Waals surface area contributed by atoms with E-state index >= 15 is 0 Å². The number of nitrogens with zero attached hydrogens (tertiary/aromatic N) is 2. The number of hydrogen-bond acceptors (Lipinski definition) is 2. The predicted octanol–water partition coefficient (Wildman–Crippen LogP) is 3.21. The first-order valence-corrected chi connectivity index (χ1v) is 7.73. The number of amides is 2. The number of carbonyl (C=O) groups is 2. The average molecular weight is 288 g/mol. The molecule has 2 rings (SSSR count). The number of hydrogen-bond donors (Lipinski definition) is 0. The smallest absolute Gasteiger partial charge is 0.247 e. The van der Waals surface area contributed by atoms with Crippen molar-refractivity contribution < 1.29 is 9.59 Å². The molecule has 1 aliphatic heterocycles. The molecule has 1 aromatic carbocycles. The molecule has 0 saturated carbocycles. The normalized spacial score (nSPS) is 14.9. The fourth-order valence-corrected chi connectivity index (χ4v) is 2.95. The minimum Gasteiger partial charge on any atom is -0.306 e. The Balaban J connectivity index is 2.44. The zero-order chi connectivity index (χ0) is 15.6. The molecule has 2 amide bonds. The number of fused-ring (bicyclic) bond motifs is 1. The average Bonchev–Trinajstić information content (AvgIpc) is 2.47. The number of para-hydroxylation sites is 2. The topological polar surface area (TPSA) is 40.6 Å². The van der Waals surface area contributed by atoms with E-state index in [9.17, 15) is 9.59 Å². The summed E-state index contributed by atoms with van der Waals surface area (Å²) in [4.78, 5) is 28.6. The monoisotopic (exact) mass is 288 g/mol. The van der Waals surface area contributed by atoms with Gasteiger partial charge in [0.2, 0.25) is 11.8 Å². The summed E-state index contributed by atoms with van der Waals surface area (Å²) >= 11 is 0.